The largest absolute Gasteiger partial charge is 0.309 e. The third kappa shape index (κ3) is 4.23. The van der Waals surface area contributed by atoms with Crippen LogP contribution in [0.2, 0.25) is 0 Å². The first-order valence-electron chi connectivity index (χ1n) is 14.3. The molecule has 7 aromatic carbocycles. The zero-order chi connectivity index (χ0) is 29.0. The van der Waals surface area contributed by atoms with Crippen LogP contribution < -0.4 is 15.9 Å². The van der Waals surface area contributed by atoms with Crippen molar-refractivity contribution < 1.29 is 4.57 Å². The third-order valence-electron chi connectivity index (χ3n) is 8.34. The summed E-state index contributed by atoms with van der Waals surface area (Å²) >= 11 is 3.82. The predicted molar refractivity (Wildman–Crippen MR) is 187 cm³/mol. The van der Waals surface area contributed by atoms with E-state index in [1.165, 1.54) is 0 Å². The van der Waals surface area contributed by atoms with E-state index >= 15 is 4.57 Å². The molecular weight excluding hydrogens is 609 g/mol. The van der Waals surface area contributed by atoms with E-state index in [0.29, 0.717) is 0 Å². The molecule has 0 bridgehead atoms. The summed E-state index contributed by atoms with van der Waals surface area (Å²) in [5.74, 6) is 0. The number of hydrogen-bond acceptors (Lipinski definition) is 2. The van der Waals surface area contributed by atoms with Crippen LogP contribution in [0.25, 0.3) is 54.5 Å². The van der Waals surface area contributed by atoms with Gasteiger partial charge in [0.15, 0.2) is 7.14 Å². The summed E-state index contributed by atoms with van der Waals surface area (Å²) in [6.07, 6.45) is 0. The van der Waals surface area contributed by atoms with Crippen LogP contribution in [0.1, 0.15) is 0 Å². The van der Waals surface area contributed by atoms with Crippen molar-refractivity contribution in [3.8, 4) is 11.1 Å². The van der Waals surface area contributed by atoms with Gasteiger partial charge in [-0.1, -0.05) is 149 Å². The number of pyridine rings is 1. The van der Waals surface area contributed by atoms with E-state index in [9.17, 15) is 0 Å². The minimum atomic E-state index is -3.20. The number of aromatic nitrogens is 1. The average Bonchev–Trinajstić information content (AvgIpc) is 3.07. The summed E-state index contributed by atoms with van der Waals surface area (Å²) in [4.78, 5) is 5.34. The lowest BCUT2D eigenvalue weighted by molar-refractivity contribution is 0.592. The maximum Gasteiger partial charge on any atom is 0.171 e. The highest BCUT2D eigenvalue weighted by molar-refractivity contribution is 9.10. The monoisotopic (exact) mass is 633 g/mol. The molecule has 2 nitrogen and oxygen atoms in total. The highest BCUT2D eigenvalue weighted by Gasteiger charge is 2.30. The van der Waals surface area contributed by atoms with Gasteiger partial charge < -0.3 is 4.57 Å². The quantitative estimate of drug-likeness (QED) is 0.110. The van der Waals surface area contributed by atoms with Gasteiger partial charge in [-0.05, 0) is 34.5 Å². The summed E-state index contributed by atoms with van der Waals surface area (Å²) in [6, 6.07) is 51.5. The molecule has 0 fully saturated rings. The van der Waals surface area contributed by atoms with Crippen molar-refractivity contribution in [3.05, 3.63) is 156 Å². The molecule has 1 aromatic heterocycles. The van der Waals surface area contributed by atoms with Crippen molar-refractivity contribution in [2.24, 2.45) is 0 Å². The van der Waals surface area contributed by atoms with Gasteiger partial charge in [0.25, 0.3) is 0 Å². The van der Waals surface area contributed by atoms with Gasteiger partial charge in [-0.3, -0.25) is 0 Å². The van der Waals surface area contributed by atoms with Crippen LogP contribution in [0.4, 0.5) is 0 Å². The molecular formula is C39H25BrNOP. The smallest absolute Gasteiger partial charge is 0.171 e. The van der Waals surface area contributed by atoms with Crippen LogP contribution in [0.5, 0.6) is 0 Å². The van der Waals surface area contributed by atoms with Gasteiger partial charge in [-0.2, -0.15) is 0 Å². The van der Waals surface area contributed by atoms with Crippen molar-refractivity contribution in [2.75, 3.05) is 0 Å². The standard InChI is InChI=1S/C39H25BrNOP/c40-29-23-28(24-32(25-29)43(42,30-13-3-1-4-14-30)31-15-5-2-6-16-31)37-35-21-19-26-11-7-9-17-33(26)38(35)41-39-34-18-10-8-12-27(34)20-22-36(37)39/h1-25H. The van der Waals surface area contributed by atoms with Gasteiger partial charge >= 0.3 is 0 Å². The molecule has 0 radical (unpaired) electrons. The number of benzene rings is 7. The number of fused-ring (bicyclic) bond motifs is 6. The molecule has 204 valence electrons. The Morgan fingerprint density at radius 2 is 0.953 bits per heavy atom. The lowest BCUT2D eigenvalue weighted by Crippen LogP contribution is -2.25. The van der Waals surface area contributed by atoms with Gasteiger partial charge in [0.1, 0.15) is 0 Å². The molecule has 8 aromatic rings. The molecule has 1 heterocycles. The molecule has 0 atom stereocenters. The van der Waals surface area contributed by atoms with E-state index in [0.717, 1.165) is 74.9 Å². The van der Waals surface area contributed by atoms with Gasteiger partial charge in [0.2, 0.25) is 0 Å². The molecule has 0 aliphatic carbocycles. The van der Waals surface area contributed by atoms with E-state index in [1.54, 1.807) is 0 Å². The Labute approximate surface area is 258 Å². The molecule has 0 N–H and O–H groups in total. The molecule has 0 aliphatic heterocycles. The summed E-state index contributed by atoms with van der Waals surface area (Å²) in [7, 11) is -3.20. The maximum atomic E-state index is 15.4. The van der Waals surface area contributed by atoms with Crippen LogP contribution in [0, 0.1) is 0 Å². The van der Waals surface area contributed by atoms with Crippen LogP contribution in [-0.2, 0) is 4.57 Å². The Bertz CT molecular complexity index is 2250. The summed E-state index contributed by atoms with van der Waals surface area (Å²) in [5.41, 5.74) is 4.02. The first-order valence-corrected chi connectivity index (χ1v) is 16.8. The number of halogens is 1. The van der Waals surface area contributed by atoms with Crippen LogP contribution in [0.15, 0.2) is 156 Å². The normalized spacial score (nSPS) is 11.9. The van der Waals surface area contributed by atoms with Crippen LogP contribution >= 0.6 is 23.1 Å². The van der Waals surface area contributed by atoms with Gasteiger partial charge in [0, 0.05) is 47.5 Å². The second-order valence-electron chi connectivity index (χ2n) is 10.8. The Balaban J connectivity index is 1.50. The molecule has 0 spiro atoms. The Morgan fingerprint density at radius 1 is 0.465 bits per heavy atom. The first kappa shape index (κ1) is 26.1. The van der Waals surface area contributed by atoms with Crippen molar-refractivity contribution in [3.63, 3.8) is 0 Å². The average molecular weight is 635 g/mol. The second-order valence-corrected chi connectivity index (χ2v) is 14.5. The van der Waals surface area contributed by atoms with Crippen molar-refractivity contribution in [2.45, 2.75) is 0 Å². The molecule has 0 aliphatic rings. The fraction of sp³-hybridized carbons (Fsp3) is 0. The first-order chi connectivity index (χ1) is 21.1. The van der Waals surface area contributed by atoms with Gasteiger partial charge in [-0.25, -0.2) is 4.98 Å². The van der Waals surface area contributed by atoms with Crippen molar-refractivity contribution in [1.82, 2.24) is 4.98 Å². The molecule has 0 saturated heterocycles. The highest BCUT2D eigenvalue weighted by atomic mass is 79.9. The van der Waals surface area contributed by atoms with E-state index in [2.05, 4.69) is 101 Å². The zero-order valence-electron chi connectivity index (χ0n) is 23.1. The van der Waals surface area contributed by atoms with Gasteiger partial charge in [-0.15, -0.1) is 0 Å². The molecule has 4 heteroatoms. The third-order valence-corrected chi connectivity index (χ3v) is 11.8. The number of nitrogens with zero attached hydrogens (tertiary/aromatic N) is 1. The summed E-state index contributed by atoms with van der Waals surface area (Å²) < 4.78 is 16.3. The Hall–Kier alpha value is -4.56. The van der Waals surface area contributed by atoms with E-state index in [4.69, 9.17) is 4.98 Å². The summed E-state index contributed by atoms with van der Waals surface area (Å²) in [5, 5.41) is 9.09. The van der Waals surface area contributed by atoms with E-state index < -0.39 is 7.14 Å². The number of hydrogen-bond donors (Lipinski definition) is 0. The lowest BCUT2D eigenvalue weighted by atomic mass is 9.92. The second kappa shape index (κ2) is 10.3. The van der Waals surface area contributed by atoms with Crippen molar-refractivity contribution >= 4 is 82.3 Å². The SMILES string of the molecule is O=P(c1ccccc1)(c1ccccc1)c1cc(Br)cc(-c2c3ccc4ccccc4c3nc3c2ccc2ccccc23)c1. The van der Waals surface area contributed by atoms with Crippen molar-refractivity contribution in [1.29, 1.82) is 0 Å². The fourth-order valence-corrected chi connectivity index (χ4v) is 9.74. The molecule has 0 amide bonds. The topological polar surface area (TPSA) is 30.0 Å². The molecule has 0 unspecified atom stereocenters. The molecule has 0 saturated carbocycles. The molecule has 8 rings (SSSR count). The van der Waals surface area contributed by atoms with E-state index in [1.807, 2.05) is 66.7 Å². The minimum absolute atomic E-state index is 0.786. The highest BCUT2D eigenvalue weighted by Crippen LogP contribution is 2.46. The maximum absolute atomic E-state index is 15.4. The summed E-state index contributed by atoms with van der Waals surface area (Å²) in [6.45, 7) is 0. The Morgan fingerprint density at radius 3 is 1.49 bits per heavy atom. The van der Waals surface area contributed by atoms with Gasteiger partial charge in [0.05, 0.1) is 11.0 Å². The minimum Gasteiger partial charge on any atom is -0.309 e. The number of rotatable bonds is 4. The Kier molecular flexibility index (Phi) is 6.26. The lowest BCUT2D eigenvalue weighted by Gasteiger charge is -2.22. The molecule has 43 heavy (non-hydrogen) atoms. The van der Waals surface area contributed by atoms with Crippen LogP contribution in [-0.4, -0.2) is 4.98 Å². The zero-order valence-corrected chi connectivity index (χ0v) is 25.6. The van der Waals surface area contributed by atoms with Crippen LogP contribution in [0.3, 0.4) is 0 Å². The van der Waals surface area contributed by atoms with E-state index in [-0.39, 0.29) is 0 Å². The fourth-order valence-electron chi connectivity index (χ4n) is 6.35. The predicted octanol–water partition coefficient (Wildman–Crippen LogP) is 9.76.